The highest BCUT2D eigenvalue weighted by molar-refractivity contribution is 14.1. The maximum absolute atomic E-state index is 11.1. The summed E-state index contributed by atoms with van der Waals surface area (Å²) in [6.45, 7) is 2.81. The van der Waals surface area contributed by atoms with Gasteiger partial charge in [-0.05, 0) is 48.3 Å². The summed E-state index contributed by atoms with van der Waals surface area (Å²) in [7, 11) is 0. The van der Waals surface area contributed by atoms with E-state index in [0.717, 1.165) is 12.2 Å². The van der Waals surface area contributed by atoms with Gasteiger partial charge in [0.15, 0.2) is 0 Å². The Morgan fingerprint density at radius 3 is 2.89 bits per heavy atom. The lowest BCUT2D eigenvalue weighted by Crippen LogP contribution is -2.06. The van der Waals surface area contributed by atoms with Crippen LogP contribution in [0.15, 0.2) is 24.3 Å². The maximum Gasteiger partial charge on any atom is 0.305 e. The van der Waals surface area contributed by atoms with Crippen LogP contribution >= 0.6 is 22.6 Å². The fourth-order valence-corrected chi connectivity index (χ4v) is 2.08. The topological polar surface area (TPSA) is 35.5 Å². The highest BCUT2D eigenvalue weighted by atomic mass is 127. The van der Waals surface area contributed by atoms with E-state index in [2.05, 4.69) is 34.7 Å². The Labute approximate surface area is 128 Å². The molecule has 19 heavy (non-hydrogen) atoms. The lowest BCUT2D eigenvalue weighted by Gasteiger charge is -2.07. The zero-order chi connectivity index (χ0) is 13.9. The SMILES string of the molecule is CCOC(=O)CCCOc1cccc(CCCI)c1. The molecule has 0 unspecified atom stereocenters. The molecule has 0 saturated heterocycles. The van der Waals surface area contributed by atoms with Gasteiger partial charge in [0.05, 0.1) is 13.2 Å². The first-order chi connectivity index (χ1) is 9.26. The minimum Gasteiger partial charge on any atom is -0.494 e. The summed E-state index contributed by atoms with van der Waals surface area (Å²) < 4.78 is 11.7. The summed E-state index contributed by atoms with van der Waals surface area (Å²) in [6.07, 6.45) is 3.38. The molecule has 0 aliphatic carbocycles. The molecule has 0 amide bonds. The van der Waals surface area contributed by atoms with E-state index in [4.69, 9.17) is 9.47 Å². The first-order valence-corrected chi connectivity index (χ1v) is 8.22. The van der Waals surface area contributed by atoms with Crippen molar-refractivity contribution in [2.75, 3.05) is 17.6 Å². The summed E-state index contributed by atoms with van der Waals surface area (Å²) in [4.78, 5) is 11.1. The first kappa shape index (κ1) is 16.3. The molecular formula is C15H21IO3. The standard InChI is InChI=1S/C15H21IO3/c1-2-18-15(17)9-5-11-19-14-8-3-6-13(12-14)7-4-10-16/h3,6,8,12H,2,4-5,7,9-11H2,1H3. The zero-order valence-electron chi connectivity index (χ0n) is 11.4. The Morgan fingerprint density at radius 1 is 1.32 bits per heavy atom. The predicted octanol–water partition coefficient (Wildman–Crippen LogP) is 3.78. The van der Waals surface area contributed by atoms with Crippen molar-refractivity contribution in [1.29, 1.82) is 0 Å². The Bertz CT molecular complexity index is 379. The molecule has 0 saturated carbocycles. The summed E-state index contributed by atoms with van der Waals surface area (Å²) >= 11 is 2.39. The number of carbonyl (C=O) groups excluding carboxylic acids is 1. The second-order valence-electron chi connectivity index (χ2n) is 4.20. The fraction of sp³-hybridized carbons (Fsp3) is 0.533. The molecule has 0 aliphatic heterocycles. The number of alkyl halides is 1. The van der Waals surface area contributed by atoms with Crippen molar-refractivity contribution in [3.63, 3.8) is 0 Å². The number of esters is 1. The number of hydrogen-bond acceptors (Lipinski definition) is 3. The van der Waals surface area contributed by atoms with E-state index in [9.17, 15) is 4.79 Å². The molecule has 106 valence electrons. The Kier molecular flexibility index (Phi) is 8.62. The van der Waals surface area contributed by atoms with Crippen molar-refractivity contribution in [2.24, 2.45) is 0 Å². The summed E-state index contributed by atoms with van der Waals surface area (Å²) in [5.41, 5.74) is 1.31. The van der Waals surface area contributed by atoms with Crippen molar-refractivity contribution >= 4 is 28.6 Å². The van der Waals surface area contributed by atoms with E-state index in [1.54, 1.807) is 0 Å². The van der Waals surface area contributed by atoms with Gasteiger partial charge in [0, 0.05) is 6.42 Å². The third kappa shape index (κ3) is 7.40. The number of rotatable bonds is 9. The van der Waals surface area contributed by atoms with E-state index in [1.165, 1.54) is 16.4 Å². The van der Waals surface area contributed by atoms with Gasteiger partial charge in [-0.15, -0.1) is 0 Å². The number of aryl methyl sites for hydroxylation is 1. The van der Waals surface area contributed by atoms with Crippen LogP contribution in [-0.2, 0) is 16.0 Å². The second kappa shape index (κ2) is 10.1. The van der Waals surface area contributed by atoms with E-state index in [-0.39, 0.29) is 5.97 Å². The average Bonchev–Trinajstić information content (AvgIpc) is 2.42. The van der Waals surface area contributed by atoms with E-state index in [1.807, 2.05) is 19.1 Å². The second-order valence-corrected chi connectivity index (χ2v) is 5.28. The van der Waals surface area contributed by atoms with Crippen molar-refractivity contribution in [2.45, 2.75) is 32.6 Å². The van der Waals surface area contributed by atoms with Gasteiger partial charge < -0.3 is 9.47 Å². The van der Waals surface area contributed by atoms with Gasteiger partial charge >= 0.3 is 5.97 Å². The van der Waals surface area contributed by atoms with Gasteiger partial charge in [0.1, 0.15) is 5.75 Å². The molecule has 0 heterocycles. The molecule has 4 heteroatoms. The van der Waals surface area contributed by atoms with Crippen LogP contribution in [0.2, 0.25) is 0 Å². The molecule has 0 spiro atoms. The molecule has 0 radical (unpaired) electrons. The van der Waals surface area contributed by atoms with Gasteiger partial charge in [-0.3, -0.25) is 4.79 Å². The molecule has 0 N–H and O–H groups in total. The number of ether oxygens (including phenoxy) is 2. The van der Waals surface area contributed by atoms with Crippen LogP contribution in [0.25, 0.3) is 0 Å². The fourth-order valence-electron chi connectivity index (χ4n) is 1.70. The average molecular weight is 376 g/mol. The number of benzene rings is 1. The van der Waals surface area contributed by atoms with Gasteiger partial charge in [0.25, 0.3) is 0 Å². The predicted molar refractivity (Wildman–Crippen MR) is 85.0 cm³/mol. The highest BCUT2D eigenvalue weighted by Gasteiger charge is 2.02. The molecule has 0 fully saturated rings. The minimum absolute atomic E-state index is 0.151. The number of carbonyl (C=O) groups is 1. The Balaban J connectivity index is 2.27. The molecular weight excluding hydrogens is 355 g/mol. The van der Waals surface area contributed by atoms with E-state index in [0.29, 0.717) is 26.1 Å². The quantitative estimate of drug-likeness (QED) is 0.285. The van der Waals surface area contributed by atoms with Gasteiger partial charge in [-0.1, -0.05) is 34.7 Å². The molecule has 1 aromatic rings. The van der Waals surface area contributed by atoms with Crippen LogP contribution in [-0.4, -0.2) is 23.6 Å². The van der Waals surface area contributed by atoms with Crippen LogP contribution in [0.4, 0.5) is 0 Å². The largest absolute Gasteiger partial charge is 0.494 e. The van der Waals surface area contributed by atoms with Crippen LogP contribution < -0.4 is 4.74 Å². The molecule has 0 aliphatic rings. The van der Waals surface area contributed by atoms with Crippen molar-refractivity contribution in [1.82, 2.24) is 0 Å². The van der Waals surface area contributed by atoms with Gasteiger partial charge in [-0.25, -0.2) is 0 Å². The summed E-state index contributed by atoms with van der Waals surface area (Å²) in [6, 6.07) is 8.18. The van der Waals surface area contributed by atoms with Gasteiger partial charge in [0.2, 0.25) is 0 Å². The van der Waals surface area contributed by atoms with Crippen molar-refractivity contribution in [3.8, 4) is 5.75 Å². The lowest BCUT2D eigenvalue weighted by atomic mass is 10.1. The van der Waals surface area contributed by atoms with Crippen LogP contribution in [0.3, 0.4) is 0 Å². The molecule has 1 aromatic carbocycles. The number of halogens is 1. The molecule has 0 atom stereocenters. The molecule has 0 bridgehead atoms. The molecule has 0 aromatic heterocycles. The first-order valence-electron chi connectivity index (χ1n) is 6.69. The summed E-state index contributed by atoms with van der Waals surface area (Å²) in [5, 5.41) is 0. The van der Waals surface area contributed by atoms with Gasteiger partial charge in [-0.2, -0.15) is 0 Å². The third-order valence-corrected chi connectivity index (χ3v) is 3.36. The molecule has 1 rings (SSSR count). The summed E-state index contributed by atoms with van der Waals surface area (Å²) in [5.74, 6) is 0.733. The van der Waals surface area contributed by atoms with E-state index < -0.39 is 0 Å². The highest BCUT2D eigenvalue weighted by Crippen LogP contribution is 2.15. The smallest absolute Gasteiger partial charge is 0.305 e. The van der Waals surface area contributed by atoms with Crippen LogP contribution in [0.1, 0.15) is 31.7 Å². The van der Waals surface area contributed by atoms with Crippen LogP contribution in [0.5, 0.6) is 5.75 Å². The monoisotopic (exact) mass is 376 g/mol. The zero-order valence-corrected chi connectivity index (χ0v) is 13.5. The third-order valence-electron chi connectivity index (χ3n) is 2.60. The Morgan fingerprint density at radius 2 is 2.16 bits per heavy atom. The molecule has 3 nitrogen and oxygen atoms in total. The lowest BCUT2D eigenvalue weighted by molar-refractivity contribution is -0.143. The van der Waals surface area contributed by atoms with E-state index >= 15 is 0 Å². The maximum atomic E-state index is 11.1. The normalized spacial score (nSPS) is 10.2. The number of hydrogen-bond donors (Lipinski definition) is 0. The van der Waals surface area contributed by atoms with Crippen LogP contribution in [0, 0.1) is 0 Å². The van der Waals surface area contributed by atoms with Crippen molar-refractivity contribution in [3.05, 3.63) is 29.8 Å². The Hall–Kier alpha value is -0.780. The minimum atomic E-state index is -0.151. The van der Waals surface area contributed by atoms with Crippen molar-refractivity contribution < 1.29 is 14.3 Å².